The maximum atomic E-state index is 11.8. The summed E-state index contributed by atoms with van der Waals surface area (Å²) >= 11 is 0. The first-order valence-corrected chi connectivity index (χ1v) is 7.20. The minimum Gasteiger partial charge on any atom is -0.478 e. The predicted octanol–water partition coefficient (Wildman–Crippen LogP) is 2.24. The molecule has 0 spiro atoms. The number of methoxy groups -OCH3 is 1. The molecule has 0 bridgehead atoms. The Morgan fingerprint density at radius 3 is 2.83 bits per heavy atom. The van der Waals surface area contributed by atoms with Gasteiger partial charge in [0.05, 0.1) is 17.6 Å². The Morgan fingerprint density at radius 1 is 1.39 bits per heavy atom. The molecule has 0 atom stereocenters. The molecule has 1 heterocycles. The van der Waals surface area contributed by atoms with Gasteiger partial charge in [-0.2, -0.15) is 5.10 Å². The second kappa shape index (κ2) is 7.55. The minimum absolute atomic E-state index is 0.0948. The maximum absolute atomic E-state index is 11.8. The Morgan fingerprint density at radius 2 is 2.17 bits per heavy atom. The van der Waals surface area contributed by atoms with Crippen LogP contribution in [0.4, 0.5) is 5.69 Å². The zero-order valence-corrected chi connectivity index (χ0v) is 13.1. The zero-order valence-electron chi connectivity index (χ0n) is 13.1. The van der Waals surface area contributed by atoms with Crippen molar-refractivity contribution < 1.29 is 19.4 Å². The summed E-state index contributed by atoms with van der Waals surface area (Å²) in [4.78, 5) is 22.9. The topological polar surface area (TPSA) is 93.5 Å². The molecule has 7 heteroatoms. The average molecular weight is 317 g/mol. The number of ether oxygens (including phenoxy) is 1. The third-order valence-electron chi connectivity index (χ3n) is 3.37. The van der Waals surface area contributed by atoms with E-state index in [2.05, 4.69) is 10.4 Å². The molecular weight excluding hydrogens is 298 g/mol. The molecule has 0 fully saturated rings. The van der Waals surface area contributed by atoms with Gasteiger partial charge in [-0.05, 0) is 31.5 Å². The minimum atomic E-state index is -1.02. The first kappa shape index (κ1) is 16.7. The fourth-order valence-electron chi connectivity index (χ4n) is 2.20. The van der Waals surface area contributed by atoms with Crippen molar-refractivity contribution in [2.24, 2.45) is 0 Å². The smallest absolute Gasteiger partial charge is 0.339 e. The summed E-state index contributed by atoms with van der Waals surface area (Å²) in [5, 5.41) is 16.0. The number of carboxylic acid groups (broad SMARTS) is 1. The highest BCUT2D eigenvalue weighted by Gasteiger charge is 2.14. The molecule has 2 aromatic rings. The van der Waals surface area contributed by atoms with Gasteiger partial charge in [0.2, 0.25) is 5.91 Å². The van der Waals surface area contributed by atoms with Gasteiger partial charge in [-0.1, -0.05) is 6.07 Å². The second-order valence-corrected chi connectivity index (χ2v) is 5.06. The number of aromatic nitrogens is 2. The number of carboxylic acids is 1. The summed E-state index contributed by atoms with van der Waals surface area (Å²) in [6, 6.07) is 7.10. The Labute approximate surface area is 133 Å². The van der Waals surface area contributed by atoms with Crippen molar-refractivity contribution in [3.63, 3.8) is 0 Å². The van der Waals surface area contributed by atoms with Crippen LogP contribution in [-0.2, 0) is 9.53 Å². The lowest BCUT2D eigenvalue weighted by atomic mass is 10.2. The standard InChI is InChI=1S/C16H19N3O4/c1-11-14(16(21)22)10-17-19(11)13-6-3-5-12(9-13)18-15(20)7-4-8-23-2/h3,5-6,9-10H,4,7-8H2,1-2H3,(H,18,20)(H,21,22). The molecule has 1 amide bonds. The number of nitrogens with one attached hydrogen (secondary N) is 1. The van der Waals surface area contributed by atoms with Gasteiger partial charge in [0.25, 0.3) is 0 Å². The first-order valence-electron chi connectivity index (χ1n) is 7.20. The largest absolute Gasteiger partial charge is 0.478 e. The van der Waals surface area contributed by atoms with E-state index in [4.69, 9.17) is 9.84 Å². The lowest BCUT2D eigenvalue weighted by Crippen LogP contribution is -2.12. The molecule has 1 aromatic heterocycles. The Bertz CT molecular complexity index is 709. The van der Waals surface area contributed by atoms with E-state index in [0.29, 0.717) is 36.5 Å². The average Bonchev–Trinajstić information content (AvgIpc) is 2.89. The SMILES string of the molecule is COCCCC(=O)Nc1cccc(-n2ncc(C(=O)O)c2C)c1. The van der Waals surface area contributed by atoms with E-state index in [0.717, 1.165) is 0 Å². The van der Waals surface area contributed by atoms with Gasteiger partial charge in [-0.25, -0.2) is 9.48 Å². The quantitative estimate of drug-likeness (QED) is 0.764. The number of carbonyl (C=O) groups is 2. The molecule has 0 unspecified atom stereocenters. The molecule has 0 saturated heterocycles. The number of aromatic carboxylic acids is 1. The van der Waals surface area contributed by atoms with Crippen LogP contribution in [0, 0.1) is 6.92 Å². The van der Waals surface area contributed by atoms with Crippen LogP contribution in [0.1, 0.15) is 28.9 Å². The number of amides is 1. The van der Waals surface area contributed by atoms with E-state index in [1.54, 1.807) is 38.3 Å². The van der Waals surface area contributed by atoms with Crippen LogP contribution in [0.15, 0.2) is 30.5 Å². The van der Waals surface area contributed by atoms with Gasteiger partial charge in [0.1, 0.15) is 5.56 Å². The van der Waals surface area contributed by atoms with Crippen LogP contribution in [0.2, 0.25) is 0 Å². The molecule has 2 rings (SSSR count). The van der Waals surface area contributed by atoms with Gasteiger partial charge >= 0.3 is 5.97 Å². The number of hydrogen-bond acceptors (Lipinski definition) is 4. The summed E-state index contributed by atoms with van der Waals surface area (Å²) in [6.45, 7) is 2.23. The number of anilines is 1. The van der Waals surface area contributed by atoms with Gasteiger partial charge < -0.3 is 15.2 Å². The fraction of sp³-hybridized carbons (Fsp3) is 0.312. The highest BCUT2D eigenvalue weighted by atomic mass is 16.5. The van der Waals surface area contributed by atoms with Crippen molar-refractivity contribution in [1.29, 1.82) is 0 Å². The van der Waals surface area contributed by atoms with Gasteiger partial charge in [-0.15, -0.1) is 0 Å². The third-order valence-corrected chi connectivity index (χ3v) is 3.37. The summed E-state index contributed by atoms with van der Waals surface area (Å²) in [6.07, 6.45) is 2.35. The highest BCUT2D eigenvalue weighted by molar-refractivity contribution is 5.91. The Kier molecular flexibility index (Phi) is 5.48. The van der Waals surface area contributed by atoms with Crippen LogP contribution in [0.3, 0.4) is 0 Å². The third kappa shape index (κ3) is 4.17. The predicted molar refractivity (Wildman–Crippen MR) is 85.0 cm³/mol. The van der Waals surface area contributed by atoms with Crippen molar-refractivity contribution >= 4 is 17.6 Å². The van der Waals surface area contributed by atoms with Crippen LogP contribution < -0.4 is 5.32 Å². The van der Waals surface area contributed by atoms with E-state index < -0.39 is 5.97 Å². The molecule has 0 aliphatic rings. The van der Waals surface area contributed by atoms with Crippen molar-refractivity contribution in [2.45, 2.75) is 19.8 Å². The van der Waals surface area contributed by atoms with Crippen LogP contribution >= 0.6 is 0 Å². The summed E-state index contributed by atoms with van der Waals surface area (Å²) in [5.74, 6) is -1.11. The van der Waals surface area contributed by atoms with Gasteiger partial charge in [-0.3, -0.25) is 4.79 Å². The Balaban J connectivity index is 2.14. The van der Waals surface area contributed by atoms with Crippen LogP contribution in [0.5, 0.6) is 0 Å². The second-order valence-electron chi connectivity index (χ2n) is 5.06. The molecule has 0 saturated carbocycles. The monoisotopic (exact) mass is 317 g/mol. The molecule has 2 N–H and O–H groups in total. The highest BCUT2D eigenvalue weighted by Crippen LogP contribution is 2.18. The summed E-state index contributed by atoms with van der Waals surface area (Å²) in [5.41, 5.74) is 2.00. The number of carbonyl (C=O) groups excluding carboxylic acids is 1. The number of rotatable bonds is 7. The molecule has 0 aliphatic carbocycles. The summed E-state index contributed by atoms with van der Waals surface area (Å²) < 4.78 is 6.45. The van der Waals surface area contributed by atoms with E-state index in [1.165, 1.54) is 10.9 Å². The van der Waals surface area contributed by atoms with E-state index in [1.807, 2.05) is 0 Å². The molecule has 122 valence electrons. The fourth-order valence-corrected chi connectivity index (χ4v) is 2.20. The number of nitrogens with zero attached hydrogens (tertiary/aromatic N) is 2. The van der Waals surface area contributed by atoms with Crippen molar-refractivity contribution in [3.8, 4) is 5.69 Å². The molecule has 7 nitrogen and oxygen atoms in total. The maximum Gasteiger partial charge on any atom is 0.339 e. The molecule has 23 heavy (non-hydrogen) atoms. The lowest BCUT2D eigenvalue weighted by Gasteiger charge is -2.09. The summed E-state index contributed by atoms with van der Waals surface area (Å²) in [7, 11) is 1.60. The zero-order chi connectivity index (χ0) is 16.8. The first-order chi connectivity index (χ1) is 11.0. The molecule has 1 aromatic carbocycles. The molecule has 0 aliphatic heterocycles. The van der Waals surface area contributed by atoms with Crippen molar-refractivity contribution in [1.82, 2.24) is 9.78 Å². The number of benzene rings is 1. The molecular formula is C16H19N3O4. The van der Waals surface area contributed by atoms with Gasteiger partial charge in [0.15, 0.2) is 0 Å². The van der Waals surface area contributed by atoms with E-state index in [-0.39, 0.29) is 11.5 Å². The normalized spacial score (nSPS) is 10.5. The van der Waals surface area contributed by atoms with E-state index in [9.17, 15) is 9.59 Å². The Hall–Kier alpha value is -2.67. The van der Waals surface area contributed by atoms with Crippen LogP contribution in [0.25, 0.3) is 5.69 Å². The number of hydrogen-bond donors (Lipinski definition) is 2. The molecule has 0 radical (unpaired) electrons. The van der Waals surface area contributed by atoms with Crippen molar-refractivity contribution in [2.75, 3.05) is 19.0 Å². The van der Waals surface area contributed by atoms with Crippen molar-refractivity contribution in [3.05, 3.63) is 41.7 Å². The van der Waals surface area contributed by atoms with Gasteiger partial charge in [0, 0.05) is 25.8 Å². The van der Waals surface area contributed by atoms with E-state index >= 15 is 0 Å². The van der Waals surface area contributed by atoms with Crippen LogP contribution in [-0.4, -0.2) is 40.5 Å². The lowest BCUT2D eigenvalue weighted by molar-refractivity contribution is -0.116.